The molecule has 2 heterocycles. The van der Waals surface area contributed by atoms with Gasteiger partial charge in [0.25, 0.3) is 5.91 Å². The number of nitrogens with zero attached hydrogens (tertiary/aromatic N) is 4. The molecule has 0 saturated carbocycles. The largest absolute Gasteiger partial charge is 0.493 e. The highest BCUT2D eigenvalue weighted by Crippen LogP contribution is 2.46. The van der Waals surface area contributed by atoms with Crippen molar-refractivity contribution in [2.45, 2.75) is 20.3 Å². The first-order valence-electron chi connectivity index (χ1n) is 11.7. The third kappa shape index (κ3) is 6.24. The number of carbonyl (C=O) groups excluding carboxylic acids is 1. The van der Waals surface area contributed by atoms with E-state index in [1.54, 1.807) is 50.2 Å². The molecular weight excluding hydrogens is 493 g/mol. The Morgan fingerprint density at radius 3 is 2.38 bits per heavy atom. The molecule has 1 amide bonds. The molecule has 11 heteroatoms. The van der Waals surface area contributed by atoms with Crippen LogP contribution >= 0.6 is 7.60 Å². The van der Waals surface area contributed by atoms with Crippen molar-refractivity contribution < 1.29 is 23.5 Å². The molecule has 0 radical (unpaired) electrons. The Balaban J connectivity index is 1.51. The lowest BCUT2D eigenvalue weighted by Crippen LogP contribution is -2.15. The monoisotopic (exact) mass is 519 g/mol. The van der Waals surface area contributed by atoms with Crippen LogP contribution in [-0.4, -0.2) is 44.4 Å². The van der Waals surface area contributed by atoms with Crippen LogP contribution in [0.5, 0.6) is 5.88 Å². The second-order valence-electron chi connectivity index (χ2n) is 7.83. The Bertz CT molecular complexity index is 1410. The molecular formula is C26H26N5O5P. The van der Waals surface area contributed by atoms with Gasteiger partial charge in [0.2, 0.25) is 5.88 Å². The quantitative estimate of drug-likeness (QED) is 0.293. The van der Waals surface area contributed by atoms with Gasteiger partial charge >= 0.3 is 7.60 Å². The SMILES string of the molecule is CCOP(=O)(OCC)c1ccc(Cc2ccccc2NC(=O)c2cnc(-c3cccnn3)nc2O)cc1. The minimum absolute atomic E-state index is 0.0746. The van der Waals surface area contributed by atoms with Gasteiger partial charge in [-0.25, -0.2) is 4.98 Å². The lowest BCUT2D eigenvalue weighted by atomic mass is 10.0. The average molecular weight is 519 g/mol. The van der Waals surface area contributed by atoms with E-state index in [4.69, 9.17) is 9.05 Å². The number of anilines is 1. The van der Waals surface area contributed by atoms with E-state index < -0.39 is 19.4 Å². The van der Waals surface area contributed by atoms with Gasteiger partial charge in [-0.1, -0.05) is 30.3 Å². The third-order valence-electron chi connectivity index (χ3n) is 5.33. The summed E-state index contributed by atoms with van der Waals surface area (Å²) in [4.78, 5) is 21.1. The van der Waals surface area contributed by atoms with Crippen molar-refractivity contribution in [2.24, 2.45) is 0 Å². The van der Waals surface area contributed by atoms with E-state index in [2.05, 4.69) is 25.5 Å². The number of rotatable bonds is 10. The molecule has 37 heavy (non-hydrogen) atoms. The van der Waals surface area contributed by atoms with Crippen LogP contribution in [0.4, 0.5) is 5.69 Å². The Kier molecular flexibility index (Phi) is 8.35. The lowest BCUT2D eigenvalue weighted by Gasteiger charge is -2.17. The fraction of sp³-hybridized carbons (Fsp3) is 0.192. The van der Waals surface area contributed by atoms with E-state index in [1.165, 1.54) is 12.4 Å². The molecule has 4 aromatic rings. The first-order valence-corrected chi connectivity index (χ1v) is 13.2. The second-order valence-corrected chi connectivity index (χ2v) is 9.86. The maximum absolute atomic E-state index is 13.0. The number of hydrogen-bond acceptors (Lipinski definition) is 9. The van der Waals surface area contributed by atoms with Crippen molar-refractivity contribution in [2.75, 3.05) is 18.5 Å². The molecule has 4 rings (SSSR count). The number of benzene rings is 2. The minimum atomic E-state index is -3.36. The van der Waals surface area contributed by atoms with Crippen molar-refractivity contribution in [3.05, 3.63) is 89.7 Å². The number of hydrogen-bond donors (Lipinski definition) is 2. The Hall–Kier alpha value is -3.98. The number of nitrogens with one attached hydrogen (secondary N) is 1. The summed E-state index contributed by atoms with van der Waals surface area (Å²) in [5, 5.41) is 21.4. The molecule has 0 spiro atoms. The van der Waals surface area contributed by atoms with E-state index in [1.807, 2.05) is 24.3 Å². The highest BCUT2D eigenvalue weighted by atomic mass is 31.2. The van der Waals surface area contributed by atoms with E-state index in [-0.39, 0.29) is 24.6 Å². The molecule has 190 valence electrons. The van der Waals surface area contributed by atoms with Crippen LogP contribution in [0.2, 0.25) is 0 Å². The van der Waals surface area contributed by atoms with E-state index in [9.17, 15) is 14.5 Å². The molecule has 2 N–H and O–H groups in total. The molecule has 10 nitrogen and oxygen atoms in total. The minimum Gasteiger partial charge on any atom is -0.493 e. The van der Waals surface area contributed by atoms with Crippen LogP contribution in [0, 0.1) is 0 Å². The molecule has 0 aliphatic heterocycles. The first kappa shape index (κ1) is 26.1. The lowest BCUT2D eigenvalue weighted by molar-refractivity contribution is 0.102. The van der Waals surface area contributed by atoms with Gasteiger partial charge in [-0.3, -0.25) is 9.36 Å². The highest BCUT2D eigenvalue weighted by Gasteiger charge is 2.26. The fourth-order valence-electron chi connectivity index (χ4n) is 3.61. The zero-order chi connectivity index (χ0) is 26.3. The van der Waals surface area contributed by atoms with E-state index >= 15 is 0 Å². The predicted molar refractivity (Wildman–Crippen MR) is 139 cm³/mol. The van der Waals surface area contributed by atoms with Crippen molar-refractivity contribution in [3.63, 3.8) is 0 Å². The van der Waals surface area contributed by atoms with Gasteiger partial charge in [-0.05, 0) is 61.7 Å². The number of amides is 1. The number of para-hydroxylation sites is 1. The first-order chi connectivity index (χ1) is 17.9. The molecule has 0 bridgehead atoms. The number of aromatic hydroxyl groups is 1. The molecule has 0 saturated heterocycles. The third-order valence-corrected chi connectivity index (χ3v) is 7.45. The summed E-state index contributed by atoms with van der Waals surface area (Å²) in [7, 11) is -3.36. The maximum Gasteiger partial charge on any atom is 0.361 e. The van der Waals surface area contributed by atoms with Crippen LogP contribution in [0.25, 0.3) is 11.5 Å². The second kappa shape index (κ2) is 11.8. The molecule has 0 atom stereocenters. The maximum atomic E-state index is 13.0. The number of aromatic nitrogens is 4. The van der Waals surface area contributed by atoms with Crippen LogP contribution in [0.3, 0.4) is 0 Å². The van der Waals surface area contributed by atoms with Gasteiger partial charge < -0.3 is 19.5 Å². The zero-order valence-corrected chi connectivity index (χ0v) is 21.3. The van der Waals surface area contributed by atoms with Gasteiger partial charge in [0, 0.05) is 18.1 Å². The van der Waals surface area contributed by atoms with Gasteiger partial charge in [0.15, 0.2) is 5.82 Å². The molecule has 0 unspecified atom stereocenters. The van der Waals surface area contributed by atoms with Crippen molar-refractivity contribution in [1.29, 1.82) is 0 Å². The Morgan fingerprint density at radius 2 is 1.73 bits per heavy atom. The summed E-state index contributed by atoms with van der Waals surface area (Å²) >= 11 is 0. The standard InChI is InChI=1S/C26H26N5O5P/c1-3-35-37(34,36-4-2)20-13-11-18(12-14-20)16-19-8-5-6-9-22(19)29-25(32)21-17-27-24(30-26(21)33)23-10-7-15-28-31-23/h5-15,17H,3-4,16H2,1-2H3,(H,29,32)(H,27,30,33). The molecule has 0 aliphatic rings. The van der Waals surface area contributed by atoms with Crippen molar-refractivity contribution in [3.8, 4) is 17.4 Å². The Morgan fingerprint density at radius 1 is 1.00 bits per heavy atom. The van der Waals surface area contributed by atoms with Crippen molar-refractivity contribution in [1.82, 2.24) is 20.2 Å². The van der Waals surface area contributed by atoms with Crippen LogP contribution in [-0.2, 0) is 20.0 Å². The van der Waals surface area contributed by atoms with E-state index in [0.29, 0.717) is 23.1 Å². The molecule has 0 fully saturated rings. The number of carbonyl (C=O) groups is 1. The predicted octanol–water partition coefficient (Wildman–Crippen LogP) is 4.37. The summed E-state index contributed by atoms with van der Waals surface area (Å²) in [6, 6.07) is 17.8. The summed E-state index contributed by atoms with van der Waals surface area (Å²) in [6.45, 7) is 4.08. The summed E-state index contributed by atoms with van der Waals surface area (Å²) in [6.07, 6.45) is 3.26. The molecule has 2 aromatic heterocycles. The smallest absolute Gasteiger partial charge is 0.361 e. The topological polar surface area (TPSA) is 136 Å². The molecule has 0 aliphatic carbocycles. The van der Waals surface area contributed by atoms with Gasteiger partial charge in [-0.15, -0.1) is 5.10 Å². The van der Waals surface area contributed by atoms with Crippen molar-refractivity contribution >= 4 is 24.5 Å². The Labute approximate surface area is 214 Å². The highest BCUT2D eigenvalue weighted by molar-refractivity contribution is 7.62. The zero-order valence-electron chi connectivity index (χ0n) is 20.4. The van der Waals surface area contributed by atoms with Crippen LogP contribution in [0.15, 0.2) is 73.1 Å². The van der Waals surface area contributed by atoms with Crippen LogP contribution < -0.4 is 10.6 Å². The van der Waals surface area contributed by atoms with Gasteiger partial charge in [-0.2, -0.15) is 10.1 Å². The van der Waals surface area contributed by atoms with Crippen LogP contribution in [0.1, 0.15) is 35.3 Å². The summed E-state index contributed by atoms with van der Waals surface area (Å²) in [5.74, 6) is -0.862. The summed E-state index contributed by atoms with van der Waals surface area (Å²) in [5.41, 5.74) is 2.65. The van der Waals surface area contributed by atoms with E-state index in [0.717, 1.165) is 11.1 Å². The summed E-state index contributed by atoms with van der Waals surface area (Å²) < 4.78 is 23.8. The van der Waals surface area contributed by atoms with Gasteiger partial charge in [0.1, 0.15) is 11.3 Å². The molecule has 2 aromatic carbocycles. The van der Waals surface area contributed by atoms with Gasteiger partial charge in [0.05, 0.1) is 18.5 Å². The fourth-order valence-corrected chi connectivity index (χ4v) is 5.17. The average Bonchev–Trinajstić information content (AvgIpc) is 2.91. The normalized spacial score (nSPS) is 11.3.